The van der Waals surface area contributed by atoms with Crippen LogP contribution < -0.4 is 5.32 Å². The second-order valence-electron chi connectivity index (χ2n) is 3.44. The van der Waals surface area contributed by atoms with Gasteiger partial charge < -0.3 is 10.1 Å². The van der Waals surface area contributed by atoms with Gasteiger partial charge in [-0.25, -0.2) is 0 Å². The van der Waals surface area contributed by atoms with Gasteiger partial charge in [-0.05, 0) is 12.1 Å². The molecule has 0 unspecified atom stereocenters. The first-order valence-electron chi connectivity index (χ1n) is 5.00. The number of esters is 1. The second kappa shape index (κ2) is 5.79. The molecule has 0 bridgehead atoms. The van der Waals surface area contributed by atoms with Crippen molar-refractivity contribution in [3.8, 4) is 0 Å². The molecule has 0 radical (unpaired) electrons. The molecule has 0 aliphatic heterocycles. The van der Waals surface area contributed by atoms with E-state index in [2.05, 4.69) is 10.1 Å². The summed E-state index contributed by atoms with van der Waals surface area (Å²) in [5, 5.41) is 2.56. The zero-order valence-corrected chi connectivity index (χ0v) is 9.65. The van der Waals surface area contributed by atoms with Crippen LogP contribution in [-0.2, 0) is 14.3 Å². The predicted octanol–water partition coefficient (Wildman–Crippen LogP) is 1.39. The van der Waals surface area contributed by atoms with Gasteiger partial charge in [0.25, 0.3) is 0 Å². The molecule has 1 aromatic rings. The van der Waals surface area contributed by atoms with E-state index in [9.17, 15) is 14.4 Å². The summed E-state index contributed by atoms with van der Waals surface area (Å²) in [5.41, 5.74) is 0.884. The van der Waals surface area contributed by atoms with E-state index >= 15 is 0 Å². The molecule has 17 heavy (non-hydrogen) atoms. The molecule has 5 nitrogen and oxygen atoms in total. The molecule has 90 valence electrons. The fourth-order valence-corrected chi connectivity index (χ4v) is 1.28. The van der Waals surface area contributed by atoms with Gasteiger partial charge in [0.2, 0.25) is 5.91 Å². The lowest BCUT2D eigenvalue weighted by molar-refractivity contribution is -0.139. The Bertz CT molecular complexity index is 454. The molecule has 1 N–H and O–H groups in total. The third kappa shape index (κ3) is 4.06. The molecule has 0 fully saturated rings. The number of carbonyl (C=O) groups is 3. The maximum Gasteiger partial charge on any atom is 0.313 e. The zero-order valence-electron chi connectivity index (χ0n) is 9.65. The lowest BCUT2D eigenvalue weighted by atomic mass is 10.1. The summed E-state index contributed by atoms with van der Waals surface area (Å²) in [6.45, 7) is 1.38. The highest BCUT2D eigenvalue weighted by Gasteiger charge is 2.12. The van der Waals surface area contributed by atoms with Crippen molar-refractivity contribution in [3.63, 3.8) is 0 Å². The maximum atomic E-state index is 11.6. The second-order valence-corrected chi connectivity index (χ2v) is 3.44. The van der Waals surface area contributed by atoms with Crippen molar-refractivity contribution in [2.45, 2.75) is 13.3 Å². The molecule has 1 amide bonds. The van der Waals surface area contributed by atoms with Gasteiger partial charge in [0.1, 0.15) is 6.42 Å². The topological polar surface area (TPSA) is 72.5 Å². The molecule has 0 aliphatic rings. The molecule has 0 heterocycles. The van der Waals surface area contributed by atoms with E-state index < -0.39 is 5.97 Å². The number of hydrogen-bond donors (Lipinski definition) is 1. The highest BCUT2D eigenvalue weighted by molar-refractivity contribution is 6.06. The lowest BCUT2D eigenvalue weighted by Gasteiger charge is -2.04. The number of ketones is 1. The third-order valence-electron chi connectivity index (χ3n) is 2.04. The molecule has 0 spiro atoms. The van der Waals surface area contributed by atoms with Gasteiger partial charge in [0.05, 0.1) is 7.11 Å². The van der Waals surface area contributed by atoms with Crippen molar-refractivity contribution in [1.29, 1.82) is 0 Å². The highest BCUT2D eigenvalue weighted by Crippen LogP contribution is 2.12. The van der Waals surface area contributed by atoms with Crippen LogP contribution in [0.5, 0.6) is 0 Å². The number of amides is 1. The van der Waals surface area contributed by atoms with Gasteiger partial charge in [0.15, 0.2) is 5.78 Å². The van der Waals surface area contributed by atoms with Crippen molar-refractivity contribution in [2.24, 2.45) is 0 Å². The van der Waals surface area contributed by atoms with E-state index in [1.807, 2.05) is 0 Å². The smallest absolute Gasteiger partial charge is 0.313 e. The molecule has 5 heteroatoms. The van der Waals surface area contributed by atoms with Gasteiger partial charge in [-0.3, -0.25) is 14.4 Å². The Balaban J connectivity index is 2.80. The summed E-state index contributed by atoms with van der Waals surface area (Å²) in [7, 11) is 1.23. The summed E-state index contributed by atoms with van der Waals surface area (Å²) in [4.78, 5) is 33.4. The van der Waals surface area contributed by atoms with Crippen LogP contribution in [0.2, 0.25) is 0 Å². The average molecular weight is 235 g/mol. The van der Waals surface area contributed by atoms with Crippen LogP contribution in [0, 0.1) is 0 Å². The first-order chi connectivity index (χ1) is 8.02. The highest BCUT2D eigenvalue weighted by atomic mass is 16.5. The number of anilines is 1. The minimum Gasteiger partial charge on any atom is -0.469 e. The molecular weight excluding hydrogens is 222 g/mol. The Morgan fingerprint density at radius 3 is 2.59 bits per heavy atom. The van der Waals surface area contributed by atoms with Crippen molar-refractivity contribution < 1.29 is 19.1 Å². The zero-order chi connectivity index (χ0) is 12.8. The van der Waals surface area contributed by atoms with E-state index in [1.54, 1.807) is 18.2 Å². The van der Waals surface area contributed by atoms with E-state index in [0.29, 0.717) is 11.3 Å². The Morgan fingerprint density at radius 2 is 2.00 bits per heavy atom. The minimum atomic E-state index is -0.583. The van der Waals surface area contributed by atoms with Gasteiger partial charge in [0, 0.05) is 18.2 Å². The van der Waals surface area contributed by atoms with E-state index in [0.717, 1.165) is 0 Å². The molecule has 0 saturated heterocycles. The summed E-state index contributed by atoms with van der Waals surface area (Å²) in [5.74, 6) is -1.15. The Kier molecular flexibility index (Phi) is 4.39. The number of benzene rings is 1. The van der Waals surface area contributed by atoms with Crippen LogP contribution >= 0.6 is 0 Å². The van der Waals surface area contributed by atoms with Gasteiger partial charge in [-0.15, -0.1) is 0 Å². The fourth-order valence-electron chi connectivity index (χ4n) is 1.28. The Labute approximate surface area is 98.8 Å². The molecule has 0 aromatic heterocycles. The number of methoxy groups -OCH3 is 1. The largest absolute Gasteiger partial charge is 0.469 e. The number of hydrogen-bond acceptors (Lipinski definition) is 4. The first-order valence-corrected chi connectivity index (χ1v) is 5.00. The number of ether oxygens (including phenoxy) is 1. The average Bonchev–Trinajstić information content (AvgIpc) is 2.28. The number of carbonyl (C=O) groups excluding carboxylic acids is 3. The van der Waals surface area contributed by atoms with Crippen LogP contribution in [0.15, 0.2) is 24.3 Å². The van der Waals surface area contributed by atoms with Crippen LogP contribution in [0.25, 0.3) is 0 Å². The standard InChI is InChI=1S/C12H13NO4/c1-8(14)13-10-5-3-4-9(6-10)11(15)7-12(16)17-2/h3-6H,7H2,1-2H3,(H,13,14). The van der Waals surface area contributed by atoms with E-state index in [1.165, 1.54) is 20.1 Å². The molecular formula is C12H13NO4. The van der Waals surface area contributed by atoms with Gasteiger partial charge in [-0.1, -0.05) is 12.1 Å². The van der Waals surface area contributed by atoms with Gasteiger partial charge in [-0.2, -0.15) is 0 Å². The van der Waals surface area contributed by atoms with Crippen LogP contribution in [0.3, 0.4) is 0 Å². The molecule has 1 rings (SSSR count). The van der Waals surface area contributed by atoms with Crippen LogP contribution in [0.4, 0.5) is 5.69 Å². The quantitative estimate of drug-likeness (QED) is 0.486. The predicted molar refractivity (Wildman–Crippen MR) is 61.7 cm³/mol. The molecule has 1 aromatic carbocycles. The lowest BCUT2D eigenvalue weighted by Crippen LogP contribution is -2.10. The molecule has 0 atom stereocenters. The number of rotatable bonds is 4. The monoisotopic (exact) mass is 235 g/mol. The summed E-state index contributed by atoms with van der Waals surface area (Å²) < 4.78 is 4.41. The van der Waals surface area contributed by atoms with E-state index in [-0.39, 0.29) is 18.1 Å². The summed E-state index contributed by atoms with van der Waals surface area (Å²) in [6.07, 6.45) is -0.306. The maximum absolute atomic E-state index is 11.6. The Morgan fingerprint density at radius 1 is 1.29 bits per heavy atom. The van der Waals surface area contributed by atoms with Crippen molar-refractivity contribution >= 4 is 23.3 Å². The minimum absolute atomic E-state index is 0.220. The third-order valence-corrected chi connectivity index (χ3v) is 2.04. The molecule has 0 aliphatic carbocycles. The SMILES string of the molecule is COC(=O)CC(=O)c1cccc(NC(C)=O)c1. The first kappa shape index (κ1) is 12.9. The van der Waals surface area contributed by atoms with Crippen molar-refractivity contribution in [1.82, 2.24) is 0 Å². The molecule has 0 saturated carbocycles. The Hall–Kier alpha value is -2.17. The van der Waals surface area contributed by atoms with Gasteiger partial charge >= 0.3 is 5.97 Å². The van der Waals surface area contributed by atoms with Crippen LogP contribution in [0.1, 0.15) is 23.7 Å². The summed E-state index contributed by atoms with van der Waals surface area (Å²) in [6, 6.07) is 6.40. The van der Waals surface area contributed by atoms with Crippen LogP contribution in [-0.4, -0.2) is 24.8 Å². The number of Topliss-reactive ketones (excluding diaryl/α,β-unsaturated/α-hetero) is 1. The van der Waals surface area contributed by atoms with Crippen molar-refractivity contribution in [2.75, 3.05) is 12.4 Å². The van der Waals surface area contributed by atoms with Crippen molar-refractivity contribution in [3.05, 3.63) is 29.8 Å². The normalized spacial score (nSPS) is 9.53. The van der Waals surface area contributed by atoms with E-state index in [4.69, 9.17) is 0 Å². The number of nitrogens with one attached hydrogen (secondary N) is 1. The fraction of sp³-hybridized carbons (Fsp3) is 0.250. The summed E-state index contributed by atoms with van der Waals surface area (Å²) >= 11 is 0.